The lowest BCUT2D eigenvalue weighted by Crippen LogP contribution is -2.51. The van der Waals surface area contributed by atoms with Crippen molar-refractivity contribution in [2.75, 3.05) is 44.9 Å². The molecule has 2 atom stereocenters. The SMILES string of the molecule is COc1nc(N2CC3CCC2C3)cc(-n2ncc3cc(C)c(C4CCN(C5COC5)CC4)cc32)n1. The minimum absolute atomic E-state index is 0.406. The molecule has 2 bridgehead atoms. The molecule has 7 rings (SSSR count). The number of nitrogens with zero attached hydrogens (tertiary/aromatic N) is 6. The highest BCUT2D eigenvalue weighted by Gasteiger charge is 2.39. The van der Waals surface area contributed by atoms with Crippen LogP contribution in [-0.2, 0) is 4.74 Å². The second kappa shape index (κ2) is 8.45. The summed E-state index contributed by atoms with van der Waals surface area (Å²) in [5.41, 5.74) is 3.91. The van der Waals surface area contributed by atoms with Gasteiger partial charge in [0.2, 0.25) is 0 Å². The molecule has 1 aliphatic carbocycles. The summed E-state index contributed by atoms with van der Waals surface area (Å²) in [5, 5.41) is 5.92. The van der Waals surface area contributed by atoms with E-state index in [4.69, 9.17) is 24.5 Å². The molecule has 1 saturated carbocycles. The van der Waals surface area contributed by atoms with E-state index in [0.29, 0.717) is 24.0 Å². The highest BCUT2D eigenvalue weighted by atomic mass is 16.5. The van der Waals surface area contributed by atoms with Crippen molar-refractivity contribution in [1.82, 2.24) is 24.6 Å². The normalized spacial score (nSPS) is 25.5. The molecule has 4 aliphatic rings. The Labute approximate surface area is 206 Å². The van der Waals surface area contributed by atoms with Crippen LogP contribution in [0, 0.1) is 12.8 Å². The van der Waals surface area contributed by atoms with E-state index in [0.717, 1.165) is 61.3 Å². The van der Waals surface area contributed by atoms with E-state index in [1.54, 1.807) is 7.11 Å². The fraction of sp³-hybridized carbons (Fsp3) is 0.593. The maximum Gasteiger partial charge on any atom is 0.320 e. The first-order chi connectivity index (χ1) is 17.2. The standard InChI is InChI=1S/C27H34N6O2/c1-17-9-20-13-28-33(24(20)11-23(17)19-5-7-31(8-6-19)22-15-35-16-22)26-12-25(29-27(30-26)34-2)32-14-18-3-4-21(32)10-18/h9,11-13,18-19,21-22H,3-8,10,14-16H2,1-2H3. The Kier molecular flexibility index (Phi) is 5.21. The van der Waals surface area contributed by atoms with Gasteiger partial charge in [-0.15, -0.1) is 0 Å². The van der Waals surface area contributed by atoms with Crippen molar-refractivity contribution in [3.05, 3.63) is 35.5 Å². The van der Waals surface area contributed by atoms with Gasteiger partial charge in [-0.3, -0.25) is 4.90 Å². The second-order valence-electron chi connectivity index (χ2n) is 10.9. The van der Waals surface area contributed by atoms with Gasteiger partial charge in [0.15, 0.2) is 5.82 Å². The van der Waals surface area contributed by atoms with Crippen LogP contribution in [0.4, 0.5) is 5.82 Å². The molecule has 3 aromatic rings. The van der Waals surface area contributed by atoms with E-state index in [1.807, 2.05) is 10.9 Å². The van der Waals surface area contributed by atoms with Gasteiger partial charge >= 0.3 is 6.01 Å². The van der Waals surface area contributed by atoms with Crippen LogP contribution in [0.5, 0.6) is 6.01 Å². The van der Waals surface area contributed by atoms with Crippen LogP contribution in [-0.4, -0.2) is 76.7 Å². The number of methoxy groups -OCH3 is 1. The number of piperidine rings is 2. The predicted molar refractivity (Wildman–Crippen MR) is 135 cm³/mol. The number of hydrogen-bond acceptors (Lipinski definition) is 7. The van der Waals surface area contributed by atoms with Crippen molar-refractivity contribution in [3.8, 4) is 11.8 Å². The first kappa shape index (κ1) is 21.6. The van der Waals surface area contributed by atoms with E-state index in [-0.39, 0.29) is 0 Å². The first-order valence-electron chi connectivity index (χ1n) is 13.2. The Morgan fingerprint density at radius 2 is 1.80 bits per heavy atom. The van der Waals surface area contributed by atoms with Gasteiger partial charge in [0.25, 0.3) is 0 Å². The number of aryl methyl sites for hydroxylation is 1. The molecule has 184 valence electrons. The molecule has 0 N–H and O–H groups in total. The molecule has 0 radical (unpaired) electrons. The van der Waals surface area contributed by atoms with Crippen molar-refractivity contribution < 1.29 is 9.47 Å². The molecule has 0 amide bonds. The smallest absolute Gasteiger partial charge is 0.320 e. The molecule has 0 spiro atoms. The third-order valence-electron chi connectivity index (χ3n) is 8.84. The van der Waals surface area contributed by atoms with Gasteiger partial charge in [-0.05, 0) is 87.2 Å². The summed E-state index contributed by atoms with van der Waals surface area (Å²) < 4.78 is 12.9. The largest absolute Gasteiger partial charge is 0.467 e. The molecular weight excluding hydrogens is 440 g/mol. The Hall–Kier alpha value is -2.71. The van der Waals surface area contributed by atoms with Crippen LogP contribution in [0.2, 0.25) is 0 Å². The molecule has 8 heteroatoms. The molecule has 2 aromatic heterocycles. The molecule has 3 aliphatic heterocycles. The van der Waals surface area contributed by atoms with Crippen molar-refractivity contribution in [1.29, 1.82) is 0 Å². The average Bonchev–Trinajstić information content (AvgIpc) is 3.58. The summed E-state index contributed by atoms with van der Waals surface area (Å²) in [6.07, 6.45) is 8.22. The van der Waals surface area contributed by atoms with Crippen LogP contribution in [0.25, 0.3) is 16.7 Å². The predicted octanol–water partition coefficient (Wildman–Crippen LogP) is 3.70. The molecule has 2 unspecified atom stereocenters. The van der Waals surface area contributed by atoms with Crippen molar-refractivity contribution >= 4 is 16.7 Å². The summed E-state index contributed by atoms with van der Waals surface area (Å²) in [6, 6.07) is 8.37. The number of rotatable bonds is 5. The summed E-state index contributed by atoms with van der Waals surface area (Å²) in [6.45, 7) is 7.43. The molecule has 35 heavy (non-hydrogen) atoms. The third kappa shape index (κ3) is 3.69. The van der Waals surface area contributed by atoms with Crippen molar-refractivity contribution in [2.45, 2.75) is 57.0 Å². The number of ether oxygens (including phenoxy) is 2. The highest BCUT2D eigenvalue weighted by Crippen LogP contribution is 2.40. The molecule has 5 heterocycles. The quantitative estimate of drug-likeness (QED) is 0.559. The highest BCUT2D eigenvalue weighted by molar-refractivity contribution is 5.82. The summed E-state index contributed by atoms with van der Waals surface area (Å²) in [7, 11) is 1.64. The van der Waals surface area contributed by atoms with Crippen molar-refractivity contribution in [2.24, 2.45) is 5.92 Å². The number of benzene rings is 1. The minimum atomic E-state index is 0.406. The molecule has 4 fully saturated rings. The van der Waals surface area contributed by atoms with Gasteiger partial charge in [-0.1, -0.05) is 0 Å². The molecule has 8 nitrogen and oxygen atoms in total. The summed E-state index contributed by atoms with van der Waals surface area (Å²) in [5.74, 6) is 3.11. The Morgan fingerprint density at radius 1 is 0.971 bits per heavy atom. The summed E-state index contributed by atoms with van der Waals surface area (Å²) >= 11 is 0. The summed E-state index contributed by atoms with van der Waals surface area (Å²) in [4.78, 5) is 14.5. The number of fused-ring (bicyclic) bond motifs is 3. The zero-order valence-electron chi connectivity index (χ0n) is 20.7. The zero-order valence-corrected chi connectivity index (χ0v) is 20.7. The van der Waals surface area contributed by atoms with E-state index in [1.165, 1.54) is 43.2 Å². The maximum absolute atomic E-state index is 5.52. The minimum Gasteiger partial charge on any atom is -0.467 e. The number of anilines is 1. The zero-order chi connectivity index (χ0) is 23.5. The topological polar surface area (TPSA) is 68.5 Å². The monoisotopic (exact) mass is 474 g/mol. The number of aromatic nitrogens is 4. The molecule has 3 saturated heterocycles. The van der Waals surface area contributed by atoms with Gasteiger partial charge in [-0.2, -0.15) is 15.1 Å². The Morgan fingerprint density at radius 3 is 2.49 bits per heavy atom. The lowest BCUT2D eigenvalue weighted by atomic mass is 9.85. The fourth-order valence-electron chi connectivity index (χ4n) is 6.79. The van der Waals surface area contributed by atoms with E-state index >= 15 is 0 Å². The van der Waals surface area contributed by atoms with Crippen LogP contribution in [0.1, 0.15) is 49.1 Å². The van der Waals surface area contributed by atoms with Gasteiger partial charge in [-0.25, -0.2) is 4.68 Å². The Balaban J connectivity index is 1.22. The van der Waals surface area contributed by atoms with Crippen LogP contribution in [0.3, 0.4) is 0 Å². The van der Waals surface area contributed by atoms with Gasteiger partial charge < -0.3 is 14.4 Å². The van der Waals surface area contributed by atoms with Gasteiger partial charge in [0, 0.05) is 24.0 Å². The van der Waals surface area contributed by atoms with Crippen molar-refractivity contribution in [3.63, 3.8) is 0 Å². The van der Waals surface area contributed by atoms with Gasteiger partial charge in [0.1, 0.15) is 5.82 Å². The van der Waals surface area contributed by atoms with E-state index in [9.17, 15) is 0 Å². The second-order valence-corrected chi connectivity index (χ2v) is 10.9. The first-order valence-corrected chi connectivity index (χ1v) is 13.2. The number of hydrogen-bond donors (Lipinski definition) is 0. The van der Waals surface area contributed by atoms with Crippen LogP contribution < -0.4 is 9.64 Å². The lowest BCUT2D eigenvalue weighted by molar-refractivity contribution is -0.0712. The number of likely N-dealkylation sites (tertiary alicyclic amines) is 1. The third-order valence-corrected chi connectivity index (χ3v) is 8.84. The van der Waals surface area contributed by atoms with Gasteiger partial charge in [0.05, 0.1) is 38.1 Å². The van der Waals surface area contributed by atoms with Crippen LogP contribution >= 0.6 is 0 Å². The fourth-order valence-corrected chi connectivity index (χ4v) is 6.79. The average molecular weight is 475 g/mol. The van der Waals surface area contributed by atoms with Crippen LogP contribution in [0.15, 0.2) is 24.4 Å². The molecular formula is C27H34N6O2. The molecule has 1 aromatic carbocycles. The van der Waals surface area contributed by atoms with E-state index in [2.05, 4.69) is 34.9 Å². The lowest BCUT2D eigenvalue weighted by Gasteiger charge is -2.41. The maximum atomic E-state index is 5.52. The Bertz CT molecular complexity index is 1250. The van der Waals surface area contributed by atoms with E-state index < -0.39 is 0 Å².